The molecular weight excluding hydrogens is 144 g/mol. The van der Waals surface area contributed by atoms with Crippen molar-refractivity contribution in [1.29, 1.82) is 0 Å². The Labute approximate surface area is 77.4 Å². The average Bonchev–Trinajstić information content (AvgIpc) is 2.00. The molecule has 0 aliphatic heterocycles. The van der Waals surface area contributed by atoms with E-state index in [0.717, 1.165) is 12.3 Å². The number of hydrogen-bond acceptors (Lipinski definition) is 0. The lowest BCUT2D eigenvalue weighted by atomic mass is 10.1. The maximum atomic E-state index is 2.29. The summed E-state index contributed by atoms with van der Waals surface area (Å²) in [6.45, 7) is 8.89. The highest BCUT2D eigenvalue weighted by Crippen LogP contribution is 2.05. The topological polar surface area (TPSA) is 0 Å². The van der Waals surface area contributed by atoms with Gasteiger partial charge in [-0.2, -0.15) is 0 Å². The van der Waals surface area contributed by atoms with Gasteiger partial charge < -0.3 is 0 Å². The fourth-order valence-corrected chi connectivity index (χ4v) is 0.980. The van der Waals surface area contributed by atoms with Gasteiger partial charge in [0.1, 0.15) is 0 Å². The molecule has 12 heavy (non-hydrogen) atoms. The number of hydrogen-bond donors (Lipinski definition) is 0. The molecule has 0 aliphatic rings. The van der Waals surface area contributed by atoms with Gasteiger partial charge in [0.2, 0.25) is 0 Å². The van der Waals surface area contributed by atoms with Crippen LogP contribution in [0.3, 0.4) is 0 Å². The molecule has 70 valence electrons. The first kappa shape index (κ1) is 11.5. The second-order valence-corrected chi connectivity index (χ2v) is 3.75. The predicted molar refractivity (Wildman–Crippen MR) is 57.2 cm³/mol. The van der Waals surface area contributed by atoms with Crippen molar-refractivity contribution < 1.29 is 0 Å². The van der Waals surface area contributed by atoms with Gasteiger partial charge in [-0.25, -0.2) is 0 Å². The summed E-state index contributed by atoms with van der Waals surface area (Å²) < 4.78 is 0. The largest absolute Gasteiger partial charge is 0.0882 e. The van der Waals surface area contributed by atoms with Crippen molar-refractivity contribution in [2.24, 2.45) is 11.8 Å². The van der Waals surface area contributed by atoms with E-state index in [1.807, 2.05) is 0 Å². The Morgan fingerprint density at radius 1 is 1.00 bits per heavy atom. The van der Waals surface area contributed by atoms with Crippen LogP contribution in [0.25, 0.3) is 0 Å². The van der Waals surface area contributed by atoms with Crippen molar-refractivity contribution in [2.75, 3.05) is 0 Å². The maximum Gasteiger partial charge on any atom is -0.00819 e. The predicted octanol–water partition coefficient (Wildman–Crippen LogP) is 4.19. The van der Waals surface area contributed by atoms with Crippen LogP contribution < -0.4 is 0 Å². The Morgan fingerprint density at radius 3 is 2.08 bits per heavy atom. The van der Waals surface area contributed by atoms with Crippen LogP contribution >= 0.6 is 0 Å². The van der Waals surface area contributed by atoms with Crippen LogP contribution in [0.2, 0.25) is 0 Å². The van der Waals surface area contributed by atoms with Gasteiger partial charge in [0, 0.05) is 0 Å². The minimum absolute atomic E-state index is 0.601. The molecule has 0 fully saturated rings. The molecular formula is C12H22. The van der Waals surface area contributed by atoms with Gasteiger partial charge in [-0.05, 0) is 24.7 Å². The molecule has 0 aromatic rings. The molecule has 0 aromatic carbocycles. The van der Waals surface area contributed by atoms with Gasteiger partial charge in [-0.15, -0.1) is 0 Å². The molecule has 0 N–H and O–H groups in total. The lowest BCUT2D eigenvalue weighted by molar-refractivity contribution is 0.661. The van der Waals surface area contributed by atoms with Gasteiger partial charge >= 0.3 is 0 Å². The third kappa shape index (κ3) is 7.59. The van der Waals surface area contributed by atoms with Crippen LogP contribution in [0.4, 0.5) is 0 Å². The van der Waals surface area contributed by atoms with Crippen molar-refractivity contribution in [3.63, 3.8) is 0 Å². The van der Waals surface area contributed by atoms with Gasteiger partial charge in [0.05, 0.1) is 0 Å². The zero-order chi connectivity index (χ0) is 9.40. The van der Waals surface area contributed by atoms with Crippen LogP contribution in [0.5, 0.6) is 0 Å². The normalized spacial score (nSPS) is 15.1. The van der Waals surface area contributed by atoms with E-state index in [-0.39, 0.29) is 0 Å². The summed E-state index contributed by atoms with van der Waals surface area (Å²) in [5.74, 6) is 1.38. The first-order valence-electron chi connectivity index (χ1n) is 5.00. The summed E-state index contributed by atoms with van der Waals surface area (Å²) in [7, 11) is 0. The Hall–Kier alpha value is -0.520. The molecule has 0 aliphatic carbocycles. The van der Waals surface area contributed by atoms with Gasteiger partial charge in [0.25, 0.3) is 0 Å². The molecule has 0 bridgehead atoms. The monoisotopic (exact) mass is 166 g/mol. The van der Waals surface area contributed by atoms with Crippen LogP contribution in [0, 0.1) is 11.8 Å². The van der Waals surface area contributed by atoms with E-state index in [1.165, 1.54) is 6.42 Å². The van der Waals surface area contributed by atoms with Crippen molar-refractivity contribution >= 4 is 0 Å². The Kier molecular flexibility index (Phi) is 6.84. The van der Waals surface area contributed by atoms with E-state index in [2.05, 4.69) is 52.0 Å². The summed E-state index contributed by atoms with van der Waals surface area (Å²) >= 11 is 0. The third-order valence-corrected chi connectivity index (χ3v) is 1.72. The first-order valence-corrected chi connectivity index (χ1v) is 5.00. The van der Waals surface area contributed by atoms with Gasteiger partial charge in [-0.1, -0.05) is 52.0 Å². The Morgan fingerprint density at radius 2 is 1.58 bits per heavy atom. The molecule has 0 heteroatoms. The molecule has 0 saturated heterocycles. The van der Waals surface area contributed by atoms with E-state index in [1.54, 1.807) is 0 Å². The first-order chi connectivity index (χ1) is 5.66. The SMILES string of the molecule is CCC=CC(C)C=CCC(C)C. The second-order valence-electron chi connectivity index (χ2n) is 3.75. The van der Waals surface area contributed by atoms with Crippen LogP contribution in [0.15, 0.2) is 24.3 Å². The molecule has 0 saturated carbocycles. The standard InChI is InChI=1S/C12H22/c1-5-6-9-12(4)10-7-8-11(2)3/h6-7,9-12H,5,8H2,1-4H3. The van der Waals surface area contributed by atoms with E-state index < -0.39 is 0 Å². The Balaban J connectivity index is 3.60. The van der Waals surface area contributed by atoms with Gasteiger partial charge in [0.15, 0.2) is 0 Å². The molecule has 0 amide bonds. The molecule has 0 aromatic heterocycles. The minimum atomic E-state index is 0.601. The summed E-state index contributed by atoms with van der Waals surface area (Å²) in [6.07, 6.45) is 11.4. The molecule has 0 heterocycles. The molecule has 0 rings (SSSR count). The Bertz CT molecular complexity index is 140. The minimum Gasteiger partial charge on any atom is -0.0882 e. The molecule has 1 atom stereocenters. The van der Waals surface area contributed by atoms with Crippen LogP contribution in [-0.2, 0) is 0 Å². The second kappa shape index (κ2) is 7.15. The fraction of sp³-hybridized carbons (Fsp3) is 0.667. The van der Waals surface area contributed by atoms with Crippen molar-refractivity contribution in [3.05, 3.63) is 24.3 Å². The van der Waals surface area contributed by atoms with Gasteiger partial charge in [-0.3, -0.25) is 0 Å². The highest BCUT2D eigenvalue weighted by Gasteiger charge is 1.90. The van der Waals surface area contributed by atoms with Crippen LogP contribution in [0.1, 0.15) is 40.5 Å². The fourth-order valence-electron chi connectivity index (χ4n) is 0.980. The highest BCUT2D eigenvalue weighted by molar-refractivity contribution is 4.98. The summed E-state index contributed by atoms with van der Waals surface area (Å²) in [5, 5.41) is 0. The number of rotatable bonds is 5. The zero-order valence-electron chi connectivity index (χ0n) is 8.88. The van der Waals surface area contributed by atoms with Crippen molar-refractivity contribution in [3.8, 4) is 0 Å². The van der Waals surface area contributed by atoms with Crippen molar-refractivity contribution in [1.82, 2.24) is 0 Å². The summed E-state index contributed by atoms with van der Waals surface area (Å²) in [4.78, 5) is 0. The van der Waals surface area contributed by atoms with Crippen LogP contribution in [-0.4, -0.2) is 0 Å². The summed E-state index contributed by atoms with van der Waals surface area (Å²) in [5.41, 5.74) is 0. The lowest BCUT2D eigenvalue weighted by Gasteiger charge is -1.99. The molecule has 0 radical (unpaired) electrons. The van der Waals surface area contributed by atoms with E-state index in [9.17, 15) is 0 Å². The van der Waals surface area contributed by atoms with E-state index in [0.29, 0.717) is 5.92 Å². The summed E-state index contributed by atoms with van der Waals surface area (Å²) in [6, 6.07) is 0. The zero-order valence-corrected chi connectivity index (χ0v) is 8.88. The van der Waals surface area contributed by atoms with E-state index in [4.69, 9.17) is 0 Å². The van der Waals surface area contributed by atoms with E-state index >= 15 is 0 Å². The molecule has 0 spiro atoms. The molecule has 1 unspecified atom stereocenters. The lowest BCUT2D eigenvalue weighted by Crippen LogP contribution is -1.85. The average molecular weight is 166 g/mol. The maximum absolute atomic E-state index is 2.29. The quantitative estimate of drug-likeness (QED) is 0.537. The third-order valence-electron chi connectivity index (χ3n) is 1.72. The van der Waals surface area contributed by atoms with Crippen molar-refractivity contribution in [2.45, 2.75) is 40.5 Å². The smallest absolute Gasteiger partial charge is 0.00819 e. The molecule has 0 nitrogen and oxygen atoms in total. The highest BCUT2D eigenvalue weighted by atomic mass is 14.0. The number of allylic oxidation sites excluding steroid dienone is 4.